The van der Waals surface area contributed by atoms with E-state index < -0.39 is 0 Å². The second-order valence-electron chi connectivity index (χ2n) is 5.67. The van der Waals surface area contributed by atoms with Crippen LogP contribution in [-0.4, -0.2) is 36.8 Å². The number of ether oxygens (including phenoxy) is 1. The van der Waals surface area contributed by atoms with Crippen LogP contribution in [0.4, 0.5) is 11.5 Å². The van der Waals surface area contributed by atoms with Gasteiger partial charge in [0.1, 0.15) is 12.4 Å². The third-order valence-corrected chi connectivity index (χ3v) is 3.73. The Bertz CT molecular complexity index is 936. The van der Waals surface area contributed by atoms with Gasteiger partial charge in [-0.2, -0.15) is 5.10 Å². The van der Waals surface area contributed by atoms with E-state index in [1.54, 1.807) is 24.3 Å². The highest BCUT2D eigenvalue weighted by Crippen LogP contribution is 2.26. The number of aromatic nitrogens is 2. The van der Waals surface area contributed by atoms with Crippen LogP contribution in [0.5, 0.6) is 5.75 Å². The Balaban J connectivity index is 1.82. The molecule has 126 valence electrons. The standard InChI is InChI=1S/C19H18N4O2/c1-4-11-25-15-9-10-17-16(12-15)18(22-21-17)20-19(24)13-5-7-14(8-6-13)23(2)3/h1,5-10,12H,11H2,2-3H3,(H2,20,21,22,24). The van der Waals surface area contributed by atoms with Crippen LogP contribution in [0.25, 0.3) is 10.9 Å². The first-order chi connectivity index (χ1) is 12.1. The molecule has 0 unspecified atom stereocenters. The van der Waals surface area contributed by atoms with Gasteiger partial charge in [-0.25, -0.2) is 0 Å². The largest absolute Gasteiger partial charge is 0.481 e. The summed E-state index contributed by atoms with van der Waals surface area (Å²) in [4.78, 5) is 14.4. The van der Waals surface area contributed by atoms with Crippen LogP contribution in [0.15, 0.2) is 42.5 Å². The Morgan fingerprint density at radius 1 is 1.28 bits per heavy atom. The van der Waals surface area contributed by atoms with E-state index in [4.69, 9.17) is 11.2 Å². The molecule has 0 aliphatic heterocycles. The molecule has 6 heteroatoms. The highest BCUT2D eigenvalue weighted by molar-refractivity contribution is 6.08. The molecule has 0 aliphatic carbocycles. The monoisotopic (exact) mass is 334 g/mol. The molecule has 2 N–H and O–H groups in total. The number of anilines is 2. The first kappa shape index (κ1) is 16.4. The SMILES string of the molecule is C#CCOc1ccc2[nH]nc(NC(=O)c3ccc(N(C)C)cc3)c2c1. The van der Waals surface area contributed by atoms with E-state index in [0.717, 1.165) is 16.6 Å². The fourth-order valence-corrected chi connectivity index (χ4v) is 2.39. The second-order valence-corrected chi connectivity index (χ2v) is 5.67. The maximum Gasteiger partial charge on any atom is 0.256 e. The van der Waals surface area contributed by atoms with Gasteiger partial charge in [-0.3, -0.25) is 9.89 Å². The van der Waals surface area contributed by atoms with Crippen molar-refractivity contribution in [3.63, 3.8) is 0 Å². The Morgan fingerprint density at radius 2 is 2.04 bits per heavy atom. The zero-order chi connectivity index (χ0) is 17.8. The highest BCUT2D eigenvalue weighted by Gasteiger charge is 2.12. The average molecular weight is 334 g/mol. The molecule has 3 rings (SSSR count). The van der Waals surface area contributed by atoms with E-state index >= 15 is 0 Å². The van der Waals surface area contributed by atoms with E-state index in [1.165, 1.54) is 0 Å². The van der Waals surface area contributed by atoms with Crippen LogP contribution in [0, 0.1) is 12.3 Å². The van der Waals surface area contributed by atoms with E-state index in [2.05, 4.69) is 21.4 Å². The molecule has 6 nitrogen and oxygen atoms in total. The number of amides is 1. The molecule has 25 heavy (non-hydrogen) atoms. The van der Waals surface area contributed by atoms with Crippen LogP contribution in [-0.2, 0) is 0 Å². The maximum absolute atomic E-state index is 12.5. The van der Waals surface area contributed by atoms with Crippen LogP contribution < -0.4 is 15.0 Å². The van der Waals surface area contributed by atoms with Gasteiger partial charge in [0.15, 0.2) is 5.82 Å². The van der Waals surface area contributed by atoms with Gasteiger partial charge in [0, 0.05) is 30.7 Å². The molecular formula is C19H18N4O2. The third kappa shape index (κ3) is 3.56. The molecule has 0 bridgehead atoms. The van der Waals surface area contributed by atoms with Gasteiger partial charge in [-0.05, 0) is 42.5 Å². The van der Waals surface area contributed by atoms with E-state index in [9.17, 15) is 4.79 Å². The van der Waals surface area contributed by atoms with Gasteiger partial charge in [0.2, 0.25) is 0 Å². The lowest BCUT2D eigenvalue weighted by Gasteiger charge is -2.12. The molecule has 0 spiro atoms. The minimum atomic E-state index is -0.228. The molecule has 0 aliphatic rings. The summed E-state index contributed by atoms with van der Waals surface area (Å²) in [7, 11) is 3.90. The number of aromatic amines is 1. The van der Waals surface area contributed by atoms with Gasteiger partial charge in [-0.15, -0.1) is 6.42 Å². The van der Waals surface area contributed by atoms with Gasteiger partial charge >= 0.3 is 0 Å². The van der Waals surface area contributed by atoms with Crippen LogP contribution in [0.1, 0.15) is 10.4 Å². The van der Waals surface area contributed by atoms with Crippen molar-refractivity contribution in [2.45, 2.75) is 0 Å². The first-order valence-corrected chi connectivity index (χ1v) is 7.71. The predicted molar refractivity (Wildman–Crippen MR) is 99.1 cm³/mol. The van der Waals surface area contributed by atoms with Crippen LogP contribution >= 0.6 is 0 Å². The Kier molecular flexibility index (Phi) is 4.57. The summed E-state index contributed by atoms with van der Waals surface area (Å²) in [5, 5.41) is 10.6. The van der Waals surface area contributed by atoms with Crippen LogP contribution in [0.2, 0.25) is 0 Å². The van der Waals surface area contributed by atoms with E-state index in [0.29, 0.717) is 17.1 Å². The molecule has 1 aromatic heterocycles. The summed E-state index contributed by atoms with van der Waals surface area (Å²) >= 11 is 0. The van der Waals surface area contributed by atoms with Crippen molar-refractivity contribution in [1.82, 2.24) is 10.2 Å². The van der Waals surface area contributed by atoms with Crippen molar-refractivity contribution >= 4 is 28.3 Å². The highest BCUT2D eigenvalue weighted by atomic mass is 16.5. The van der Waals surface area contributed by atoms with Crippen molar-refractivity contribution in [2.24, 2.45) is 0 Å². The number of terminal acetylenes is 1. The minimum absolute atomic E-state index is 0.184. The molecule has 0 radical (unpaired) electrons. The van der Waals surface area contributed by atoms with Crippen molar-refractivity contribution in [3.8, 4) is 18.1 Å². The zero-order valence-corrected chi connectivity index (χ0v) is 14.0. The summed E-state index contributed by atoms with van der Waals surface area (Å²) < 4.78 is 5.42. The number of fused-ring (bicyclic) bond motifs is 1. The van der Waals surface area contributed by atoms with Gasteiger partial charge in [0.25, 0.3) is 5.91 Å². The molecule has 3 aromatic rings. The van der Waals surface area contributed by atoms with Gasteiger partial charge < -0.3 is 15.0 Å². The maximum atomic E-state index is 12.5. The number of nitrogens with one attached hydrogen (secondary N) is 2. The fourth-order valence-electron chi connectivity index (χ4n) is 2.39. The fraction of sp³-hybridized carbons (Fsp3) is 0.158. The second kappa shape index (κ2) is 6.97. The molecular weight excluding hydrogens is 316 g/mol. The number of carbonyl (C=O) groups is 1. The van der Waals surface area contributed by atoms with Gasteiger partial charge in [0.05, 0.1) is 5.52 Å². The lowest BCUT2D eigenvalue weighted by Crippen LogP contribution is -2.13. The number of hydrogen-bond donors (Lipinski definition) is 2. The smallest absolute Gasteiger partial charge is 0.256 e. The number of carbonyl (C=O) groups excluding carboxylic acids is 1. The van der Waals surface area contributed by atoms with Crippen molar-refractivity contribution in [1.29, 1.82) is 0 Å². The Labute approximate surface area is 145 Å². The summed E-state index contributed by atoms with van der Waals surface area (Å²) in [6, 6.07) is 12.8. The number of hydrogen-bond acceptors (Lipinski definition) is 4. The van der Waals surface area contributed by atoms with E-state index in [1.807, 2.05) is 37.2 Å². The Hall–Kier alpha value is -3.46. The third-order valence-electron chi connectivity index (χ3n) is 3.73. The van der Waals surface area contributed by atoms with Crippen molar-refractivity contribution in [2.75, 3.05) is 30.9 Å². The summed E-state index contributed by atoms with van der Waals surface area (Å²) in [5.41, 5.74) is 2.38. The molecule has 0 atom stereocenters. The molecule has 1 heterocycles. The van der Waals surface area contributed by atoms with Crippen LogP contribution in [0.3, 0.4) is 0 Å². The molecule has 0 saturated heterocycles. The zero-order valence-electron chi connectivity index (χ0n) is 14.0. The quantitative estimate of drug-likeness (QED) is 0.704. The van der Waals surface area contributed by atoms with Gasteiger partial charge in [-0.1, -0.05) is 5.92 Å². The average Bonchev–Trinajstić information content (AvgIpc) is 3.02. The molecule has 0 saturated carbocycles. The van der Waals surface area contributed by atoms with Crippen molar-refractivity contribution in [3.05, 3.63) is 48.0 Å². The lowest BCUT2D eigenvalue weighted by molar-refractivity contribution is 0.102. The number of benzene rings is 2. The van der Waals surface area contributed by atoms with E-state index in [-0.39, 0.29) is 12.5 Å². The normalized spacial score (nSPS) is 10.3. The molecule has 0 fully saturated rings. The number of nitrogens with zero attached hydrogens (tertiary/aromatic N) is 2. The summed E-state index contributed by atoms with van der Waals surface area (Å²) in [6.07, 6.45) is 5.20. The molecule has 2 aromatic carbocycles. The minimum Gasteiger partial charge on any atom is -0.481 e. The topological polar surface area (TPSA) is 70.2 Å². The Morgan fingerprint density at radius 3 is 2.72 bits per heavy atom. The lowest BCUT2D eigenvalue weighted by atomic mass is 10.2. The van der Waals surface area contributed by atoms with Crippen molar-refractivity contribution < 1.29 is 9.53 Å². The summed E-state index contributed by atoms with van der Waals surface area (Å²) in [5.74, 6) is 3.26. The molecule has 1 amide bonds. The number of rotatable bonds is 5. The number of H-pyrrole nitrogens is 1. The summed E-state index contributed by atoms with van der Waals surface area (Å²) in [6.45, 7) is 0.184. The first-order valence-electron chi connectivity index (χ1n) is 7.71. The predicted octanol–water partition coefficient (Wildman–Crippen LogP) is 2.89.